The summed E-state index contributed by atoms with van der Waals surface area (Å²) in [6.45, 7) is 0.228. The quantitative estimate of drug-likeness (QED) is 0.657. The maximum Gasteiger partial charge on any atom is 0.408 e. The number of rotatable bonds is 0. The van der Waals surface area contributed by atoms with Gasteiger partial charge in [-0.05, 0) is 6.08 Å². The first-order chi connectivity index (χ1) is 5.09. The average Bonchev–Trinajstić information content (AvgIpc) is 1.85. The fourth-order valence-corrected chi connectivity index (χ4v) is 1.39. The van der Waals surface area contributed by atoms with E-state index in [-0.39, 0.29) is 18.9 Å². The van der Waals surface area contributed by atoms with Crippen LogP contribution in [0.15, 0.2) is 10.6 Å². The summed E-state index contributed by atoms with van der Waals surface area (Å²) in [5, 5.41) is 8.50. The molecule has 1 aliphatic heterocycles. The van der Waals surface area contributed by atoms with Gasteiger partial charge < -0.3 is 5.11 Å². The molecule has 60 valence electrons. The van der Waals surface area contributed by atoms with Crippen LogP contribution in [0, 0.1) is 0 Å². The third-order valence-corrected chi connectivity index (χ3v) is 1.76. The van der Waals surface area contributed by atoms with E-state index < -0.39 is 6.09 Å². The molecule has 5 heteroatoms. The average molecular weight is 220 g/mol. The zero-order valence-electron chi connectivity index (χ0n) is 5.58. The molecule has 4 nitrogen and oxygen atoms in total. The second-order valence-electron chi connectivity index (χ2n) is 2.20. The summed E-state index contributed by atoms with van der Waals surface area (Å²) in [5.41, 5.74) is 0. The molecule has 1 amide bonds. The molecule has 0 aromatic carbocycles. The van der Waals surface area contributed by atoms with E-state index in [2.05, 4.69) is 15.9 Å². The molecule has 1 heterocycles. The summed E-state index contributed by atoms with van der Waals surface area (Å²) in [7, 11) is 0. The van der Waals surface area contributed by atoms with E-state index in [1.807, 2.05) is 0 Å². The van der Waals surface area contributed by atoms with Crippen molar-refractivity contribution in [3.8, 4) is 0 Å². The summed E-state index contributed by atoms with van der Waals surface area (Å²) in [6.07, 6.45) is 0.336. The highest BCUT2D eigenvalue weighted by atomic mass is 79.9. The summed E-state index contributed by atoms with van der Waals surface area (Å²) < 4.78 is 0.608. The molecule has 0 fully saturated rings. The number of carboxylic acid groups (broad SMARTS) is 1. The van der Waals surface area contributed by atoms with Gasteiger partial charge in [-0.25, -0.2) is 4.79 Å². The summed E-state index contributed by atoms with van der Waals surface area (Å²) >= 11 is 3.07. The molecule has 0 aromatic heterocycles. The van der Waals surface area contributed by atoms with Gasteiger partial charge in [0.2, 0.25) is 0 Å². The van der Waals surface area contributed by atoms with Gasteiger partial charge in [-0.3, -0.25) is 9.69 Å². The lowest BCUT2D eigenvalue weighted by molar-refractivity contribution is -0.115. The van der Waals surface area contributed by atoms with Crippen LogP contribution < -0.4 is 0 Å². The van der Waals surface area contributed by atoms with Crippen molar-refractivity contribution in [2.45, 2.75) is 0 Å². The van der Waals surface area contributed by atoms with Crippen LogP contribution in [0.4, 0.5) is 4.79 Å². The van der Waals surface area contributed by atoms with E-state index in [4.69, 9.17) is 5.11 Å². The number of carbonyl (C=O) groups is 2. The highest BCUT2D eigenvalue weighted by Crippen LogP contribution is 2.12. The fraction of sp³-hybridized carbons (Fsp3) is 0.333. The van der Waals surface area contributed by atoms with Gasteiger partial charge in [0.15, 0.2) is 5.78 Å². The Labute approximate surface area is 71.6 Å². The van der Waals surface area contributed by atoms with Gasteiger partial charge in [-0.15, -0.1) is 0 Å². The van der Waals surface area contributed by atoms with E-state index in [0.29, 0.717) is 4.48 Å². The van der Waals surface area contributed by atoms with Gasteiger partial charge in [0.25, 0.3) is 0 Å². The number of halogens is 1. The van der Waals surface area contributed by atoms with Crippen molar-refractivity contribution < 1.29 is 14.7 Å². The minimum Gasteiger partial charge on any atom is -0.465 e. The molecule has 1 rings (SSSR count). The molecule has 0 unspecified atom stereocenters. The molecule has 0 spiro atoms. The zero-order chi connectivity index (χ0) is 8.43. The first-order valence-corrected chi connectivity index (χ1v) is 3.75. The summed E-state index contributed by atoms with van der Waals surface area (Å²) in [6, 6.07) is 0. The third-order valence-electron chi connectivity index (χ3n) is 1.28. The maximum atomic E-state index is 10.8. The van der Waals surface area contributed by atoms with Gasteiger partial charge in [-0.1, -0.05) is 15.9 Å². The smallest absolute Gasteiger partial charge is 0.408 e. The normalized spacial score (nSPS) is 18.1. The van der Waals surface area contributed by atoms with E-state index in [1.54, 1.807) is 0 Å². The van der Waals surface area contributed by atoms with Crippen LogP contribution >= 0.6 is 15.9 Å². The molecule has 0 bridgehead atoms. The van der Waals surface area contributed by atoms with Crippen LogP contribution in [0.25, 0.3) is 0 Å². The Morgan fingerprint density at radius 1 is 1.64 bits per heavy atom. The lowest BCUT2D eigenvalue weighted by atomic mass is 10.2. The topological polar surface area (TPSA) is 57.6 Å². The Morgan fingerprint density at radius 2 is 2.27 bits per heavy atom. The molecule has 0 aromatic rings. The van der Waals surface area contributed by atoms with Crippen molar-refractivity contribution in [2.24, 2.45) is 0 Å². The maximum absolute atomic E-state index is 10.8. The van der Waals surface area contributed by atoms with Crippen LogP contribution in [0.3, 0.4) is 0 Å². The SMILES string of the molecule is O=C1C=C(Br)CN(C(=O)O)C1. The van der Waals surface area contributed by atoms with E-state index in [0.717, 1.165) is 4.90 Å². The van der Waals surface area contributed by atoms with Crippen molar-refractivity contribution in [1.82, 2.24) is 4.90 Å². The van der Waals surface area contributed by atoms with Crippen LogP contribution in [0.1, 0.15) is 0 Å². The lowest BCUT2D eigenvalue weighted by Crippen LogP contribution is -2.37. The minimum absolute atomic E-state index is 0.0373. The van der Waals surface area contributed by atoms with Crippen LogP contribution in [0.5, 0.6) is 0 Å². The number of hydrogen-bond donors (Lipinski definition) is 1. The Balaban J connectivity index is 2.72. The molecule has 0 radical (unpaired) electrons. The predicted molar refractivity (Wildman–Crippen MR) is 41.6 cm³/mol. The van der Waals surface area contributed by atoms with E-state index in [9.17, 15) is 9.59 Å². The Kier molecular flexibility index (Phi) is 2.28. The molecule has 0 saturated heterocycles. The largest absolute Gasteiger partial charge is 0.465 e. The van der Waals surface area contributed by atoms with Crippen molar-refractivity contribution in [1.29, 1.82) is 0 Å². The molecule has 0 saturated carbocycles. The van der Waals surface area contributed by atoms with Crippen molar-refractivity contribution in [3.05, 3.63) is 10.6 Å². The number of ketones is 1. The van der Waals surface area contributed by atoms with E-state index >= 15 is 0 Å². The van der Waals surface area contributed by atoms with Gasteiger partial charge in [0.05, 0.1) is 13.1 Å². The highest BCUT2D eigenvalue weighted by Gasteiger charge is 2.20. The first kappa shape index (κ1) is 8.26. The van der Waals surface area contributed by atoms with Crippen molar-refractivity contribution in [3.63, 3.8) is 0 Å². The van der Waals surface area contributed by atoms with Crippen molar-refractivity contribution in [2.75, 3.05) is 13.1 Å². The lowest BCUT2D eigenvalue weighted by Gasteiger charge is -2.20. The Morgan fingerprint density at radius 3 is 2.73 bits per heavy atom. The zero-order valence-corrected chi connectivity index (χ0v) is 7.17. The molecular formula is C6H6BrNO3. The molecular weight excluding hydrogens is 214 g/mol. The Hall–Kier alpha value is -0.840. The second kappa shape index (κ2) is 3.04. The van der Waals surface area contributed by atoms with Crippen LogP contribution in [-0.2, 0) is 4.79 Å². The fourth-order valence-electron chi connectivity index (χ4n) is 0.828. The van der Waals surface area contributed by atoms with Crippen LogP contribution in [0.2, 0.25) is 0 Å². The first-order valence-electron chi connectivity index (χ1n) is 2.96. The second-order valence-corrected chi connectivity index (χ2v) is 3.21. The molecule has 1 aliphatic rings. The predicted octanol–water partition coefficient (Wildman–Crippen LogP) is 0.828. The van der Waals surface area contributed by atoms with E-state index in [1.165, 1.54) is 6.08 Å². The highest BCUT2D eigenvalue weighted by molar-refractivity contribution is 9.11. The molecule has 0 aliphatic carbocycles. The summed E-state index contributed by atoms with van der Waals surface area (Å²) in [4.78, 5) is 22.2. The molecule has 0 atom stereocenters. The number of hydrogen-bond acceptors (Lipinski definition) is 2. The van der Waals surface area contributed by atoms with Gasteiger partial charge in [0, 0.05) is 4.48 Å². The van der Waals surface area contributed by atoms with Crippen LogP contribution in [-0.4, -0.2) is 35.0 Å². The monoisotopic (exact) mass is 219 g/mol. The third kappa shape index (κ3) is 2.04. The number of amides is 1. The van der Waals surface area contributed by atoms with Gasteiger partial charge in [-0.2, -0.15) is 0 Å². The molecule has 1 N–H and O–H groups in total. The number of carbonyl (C=O) groups excluding carboxylic acids is 1. The van der Waals surface area contributed by atoms with Gasteiger partial charge in [0.1, 0.15) is 0 Å². The Bertz CT molecular complexity index is 236. The molecule has 11 heavy (non-hydrogen) atoms. The van der Waals surface area contributed by atoms with Crippen molar-refractivity contribution >= 4 is 27.8 Å². The standard InChI is InChI=1S/C6H6BrNO3/c7-4-1-5(9)3-8(2-4)6(10)11/h1H,2-3H2,(H,10,11). The van der Waals surface area contributed by atoms with Gasteiger partial charge >= 0.3 is 6.09 Å². The summed E-state index contributed by atoms with van der Waals surface area (Å²) in [5.74, 6) is -0.189. The minimum atomic E-state index is -1.07. The number of nitrogens with zero attached hydrogens (tertiary/aromatic N) is 1.